The summed E-state index contributed by atoms with van der Waals surface area (Å²) in [6.07, 6.45) is -1.89. The standard InChI is InChI=1S/C12H18F3N3/c1-10(12(13,14)15)8-11(9-16-2)18-6-4-17(3)5-7-18/h8-9H,1,4-7H2,2-3H3/b11-8+,16-9?. The second-order valence-corrected chi connectivity index (χ2v) is 4.27. The van der Waals surface area contributed by atoms with Gasteiger partial charge < -0.3 is 9.80 Å². The summed E-state index contributed by atoms with van der Waals surface area (Å²) in [5.74, 6) is 0. The Morgan fingerprint density at radius 3 is 2.22 bits per heavy atom. The third-order valence-corrected chi connectivity index (χ3v) is 2.82. The number of hydrogen-bond acceptors (Lipinski definition) is 3. The zero-order chi connectivity index (χ0) is 13.8. The molecule has 0 amide bonds. The molecule has 1 fully saturated rings. The Kier molecular flexibility index (Phi) is 4.95. The smallest absolute Gasteiger partial charge is 0.368 e. The summed E-state index contributed by atoms with van der Waals surface area (Å²) in [5, 5.41) is 0. The lowest BCUT2D eigenvalue weighted by atomic mass is 10.2. The summed E-state index contributed by atoms with van der Waals surface area (Å²) >= 11 is 0. The molecule has 0 bridgehead atoms. The Labute approximate surface area is 105 Å². The highest BCUT2D eigenvalue weighted by Gasteiger charge is 2.31. The van der Waals surface area contributed by atoms with Crippen LogP contribution in [0, 0.1) is 0 Å². The third-order valence-electron chi connectivity index (χ3n) is 2.82. The van der Waals surface area contributed by atoms with Gasteiger partial charge in [-0.15, -0.1) is 0 Å². The normalized spacial score (nSPS) is 19.6. The van der Waals surface area contributed by atoms with Gasteiger partial charge in [0.1, 0.15) is 0 Å². The molecule has 0 unspecified atom stereocenters. The zero-order valence-corrected chi connectivity index (χ0v) is 10.7. The highest BCUT2D eigenvalue weighted by molar-refractivity contribution is 5.78. The Balaban J connectivity index is 2.83. The van der Waals surface area contributed by atoms with Crippen molar-refractivity contribution in [2.75, 3.05) is 40.3 Å². The van der Waals surface area contributed by atoms with E-state index in [4.69, 9.17) is 0 Å². The van der Waals surface area contributed by atoms with Crippen LogP contribution >= 0.6 is 0 Å². The monoisotopic (exact) mass is 261 g/mol. The number of alkyl halides is 3. The molecule has 0 radical (unpaired) electrons. The molecule has 0 aromatic rings. The van der Waals surface area contributed by atoms with Crippen LogP contribution in [0.15, 0.2) is 28.9 Å². The molecular formula is C12H18F3N3. The SMILES string of the molecule is C=C(/C=C(\C=NC)N1CCN(C)CC1)C(F)(F)F. The third kappa shape index (κ3) is 4.18. The molecule has 1 rings (SSSR count). The molecule has 0 aliphatic carbocycles. The van der Waals surface area contributed by atoms with E-state index in [0.717, 1.165) is 19.2 Å². The average Bonchev–Trinajstić information content (AvgIpc) is 2.28. The first-order valence-corrected chi connectivity index (χ1v) is 5.68. The minimum atomic E-state index is -4.39. The van der Waals surface area contributed by atoms with Gasteiger partial charge in [0, 0.05) is 39.4 Å². The minimum absolute atomic E-state index is 0.466. The molecular weight excluding hydrogens is 243 g/mol. The fraction of sp³-hybridized carbons (Fsp3) is 0.583. The fourth-order valence-corrected chi connectivity index (χ4v) is 1.67. The van der Waals surface area contributed by atoms with Gasteiger partial charge in [0.05, 0.1) is 11.3 Å². The second kappa shape index (κ2) is 6.04. The van der Waals surface area contributed by atoms with E-state index in [1.807, 2.05) is 11.9 Å². The number of hydrogen-bond donors (Lipinski definition) is 0. The van der Waals surface area contributed by atoms with Gasteiger partial charge in [0.2, 0.25) is 0 Å². The van der Waals surface area contributed by atoms with Crippen LogP contribution in [-0.4, -0.2) is 62.5 Å². The molecule has 1 saturated heterocycles. The van der Waals surface area contributed by atoms with Gasteiger partial charge in [-0.05, 0) is 13.1 Å². The van der Waals surface area contributed by atoms with E-state index in [1.54, 1.807) is 7.05 Å². The van der Waals surface area contributed by atoms with Gasteiger partial charge in [-0.2, -0.15) is 13.2 Å². The van der Waals surface area contributed by atoms with Crippen molar-refractivity contribution < 1.29 is 13.2 Å². The number of likely N-dealkylation sites (N-methyl/N-ethyl adjacent to an activating group) is 1. The van der Waals surface area contributed by atoms with Crippen molar-refractivity contribution in [2.45, 2.75) is 6.18 Å². The number of nitrogens with zero attached hydrogens (tertiary/aromatic N) is 3. The van der Waals surface area contributed by atoms with Gasteiger partial charge >= 0.3 is 6.18 Å². The number of aliphatic imine (C=N–C) groups is 1. The molecule has 0 aromatic heterocycles. The predicted octanol–water partition coefficient (Wildman–Crippen LogP) is 1.94. The highest BCUT2D eigenvalue weighted by atomic mass is 19.4. The summed E-state index contributed by atoms with van der Waals surface area (Å²) < 4.78 is 37.4. The average molecular weight is 261 g/mol. The van der Waals surface area contributed by atoms with Crippen molar-refractivity contribution in [1.29, 1.82) is 0 Å². The van der Waals surface area contributed by atoms with Crippen LogP contribution in [0.3, 0.4) is 0 Å². The molecule has 0 N–H and O–H groups in total. The molecule has 0 saturated carbocycles. The van der Waals surface area contributed by atoms with E-state index in [-0.39, 0.29) is 0 Å². The lowest BCUT2D eigenvalue weighted by Gasteiger charge is -2.34. The number of piperazine rings is 1. The van der Waals surface area contributed by atoms with Gasteiger partial charge in [-0.3, -0.25) is 4.99 Å². The first-order valence-electron chi connectivity index (χ1n) is 5.68. The summed E-state index contributed by atoms with van der Waals surface area (Å²) in [7, 11) is 3.53. The van der Waals surface area contributed by atoms with E-state index >= 15 is 0 Å². The quantitative estimate of drug-likeness (QED) is 0.571. The van der Waals surface area contributed by atoms with Gasteiger partial charge in [-0.25, -0.2) is 0 Å². The molecule has 1 aliphatic rings. The largest absolute Gasteiger partial charge is 0.415 e. The molecule has 3 nitrogen and oxygen atoms in total. The first-order chi connectivity index (χ1) is 8.34. The summed E-state index contributed by atoms with van der Waals surface area (Å²) in [6, 6.07) is 0. The van der Waals surface area contributed by atoms with Crippen LogP contribution in [0.2, 0.25) is 0 Å². The summed E-state index contributed by atoms with van der Waals surface area (Å²) in [6.45, 7) is 6.10. The van der Waals surface area contributed by atoms with Gasteiger partial charge in [0.15, 0.2) is 0 Å². The molecule has 6 heteroatoms. The summed E-state index contributed by atoms with van der Waals surface area (Å²) in [4.78, 5) is 7.84. The van der Waals surface area contributed by atoms with E-state index < -0.39 is 11.7 Å². The fourth-order valence-electron chi connectivity index (χ4n) is 1.67. The molecule has 1 heterocycles. The number of rotatable bonds is 3. The molecule has 0 atom stereocenters. The maximum absolute atomic E-state index is 12.5. The Morgan fingerprint density at radius 1 is 1.22 bits per heavy atom. The molecule has 0 spiro atoms. The minimum Gasteiger partial charge on any atom is -0.368 e. The van der Waals surface area contributed by atoms with Crippen molar-refractivity contribution in [1.82, 2.24) is 9.80 Å². The van der Waals surface area contributed by atoms with Crippen molar-refractivity contribution in [2.24, 2.45) is 4.99 Å². The van der Waals surface area contributed by atoms with Crippen LogP contribution in [0.25, 0.3) is 0 Å². The Morgan fingerprint density at radius 2 is 1.78 bits per heavy atom. The van der Waals surface area contributed by atoms with Gasteiger partial charge in [0.25, 0.3) is 0 Å². The molecule has 0 aromatic carbocycles. The van der Waals surface area contributed by atoms with Crippen molar-refractivity contribution >= 4 is 6.21 Å². The topological polar surface area (TPSA) is 18.8 Å². The molecule has 18 heavy (non-hydrogen) atoms. The van der Waals surface area contributed by atoms with E-state index in [1.165, 1.54) is 6.21 Å². The van der Waals surface area contributed by atoms with Crippen LogP contribution in [-0.2, 0) is 0 Å². The van der Waals surface area contributed by atoms with Crippen LogP contribution in [0.1, 0.15) is 0 Å². The molecule has 1 aliphatic heterocycles. The maximum Gasteiger partial charge on any atom is 0.415 e. The second-order valence-electron chi connectivity index (χ2n) is 4.27. The number of halogens is 3. The van der Waals surface area contributed by atoms with Crippen molar-refractivity contribution in [3.63, 3.8) is 0 Å². The first kappa shape index (κ1) is 14.8. The molecule has 102 valence electrons. The van der Waals surface area contributed by atoms with Crippen molar-refractivity contribution in [3.05, 3.63) is 23.9 Å². The predicted molar refractivity (Wildman–Crippen MR) is 66.8 cm³/mol. The Bertz CT molecular complexity index is 350. The van der Waals surface area contributed by atoms with E-state index in [9.17, 15) is 13.2 Å². The van der Waals surface area contributed by atoms with Crippen LogP contribution in [0.4, 0.5) is 13.2 Å². The van der Waals surface area contributed by atoms with Crippen LogP contribution in [0.5, 0.6) is 0 Å². The number of allylic oxidation sites excluding steroid dienone is 3. The van der Waals surface area contributed by atoms with Crippen molar-refractivity contribution in [3.8, 4) is 0 Å². The van der Waals surface area contributed by atoms with E-state index in [2.05, 4.69) is 16.5 Å². The maximum atomic E-state index is 12.5. The van der Waals surface area contributed by atoms with Crippen LogP contribution < -0.4 is 0 Å². The van der Waals surface area contributed by atoms with Gasteiger partial charge in [-0.1, -0.05) is 6.58 Å². The zero-order valence-electron chi connectivity index (χ0n) is 10.7. The van der Waals surface area contributed by atoms with E-state index in [0.29, 0.717) is 18.8 Å². The lowest BCUT2D eigenvalue weighted by molar-refractivity contribution is -0.0879. The Hall–Kier alpha value is -1.30. The highest BCUT2D eigenvalue weighted by Crippen LogP contribution is 2.26. The summed E-state index contributed by atoms with van der Waals surface area (Å²) in [5.41, 5.74) is -0.385. The lowest BCUT2D eigenvalue weighted by Crippen LogP contribution is -2.44.